The van der Waals surface area contributed by atoms with Gasteiger partial charge in [0.2, 0.25) is 10.0 Å². The molecule has 0 spiro atoms. The van der Waals surface area contributed by atoms with Gasteiger partial charge in [-0.25, -0.2) is 13.2 Å². The molecule has 0 radical (unpaired) electrons. The third-order valence-corrected chi connectivity index (χ3v) is 10.1. The molecule has 0 saturated carbocycles. The number of nitrogens with one attached hydrogen (secondary N) is 3. The number of sulfonamides is 1. The molecule has 5 aromatic rings. The number of carbonyl (C=O) groups is 3. The van der Waals surface area contributed by atoms with Gasteiger partial charge in [-0.2, -0.15) is 0 Å². The fourth-order valence-corrected chi connectivity index (χ4v) is 7.06. The van der Waals surface area contributed by atoms with Crippen LogP contribution in [0.5, 0.6) is 23.0 Å². The Bertz CT molecular complexity index is 2450. The zero-order valence-electron chi connectivity index (χ0n) is 34.0. The molecule has 1 aromatic heterocycles. The fourth-order valence-electron chi connectivity index (χ4n) is 6.51. The molecular weight excluding hydrogens is 775 g/mol. The van der Waals surface area contributed by atoms with Crippen molar-refractivity contribution in [2.75, 3.05) is 35.8 Å². The Kier molecular flexibility index (Phi) is 14.2. The number of carboxylic acids is 1. The first-order valence-electron chi connectivity index (χ1n) is 19.1. The summed E-state index contributed by atoms with van der Waals surface area (Å²) < 4.78 is 44.3. The van der Waals surface area contributed by atoms with E-state index in [1.807, 2.05) is 63.2 Å². The summed E-state index contributed by atoms with van der Waals surface area (Å²) in [7, 11) is -0.728. The van der Waals surface area contributed by atoms with E-state index in [9.17, 15) is 22.8 Å². The maximum Gasteiger partial charge on any atom is 0.323 e. The SMILES string of the molecule is COc1cc(Cc2cc(Oc3ccc(NC(=O)Nc4cc(C(C)(C)C)cc(NS(C)(=O)=O)c4OC)c4ccccc34)ccn2)ccc1C(=O)CCCCC[C@@H](N)C(=O)O. The number of anilines is 3. The van der Waals surface area contributed by atoms with E-state index < -0.39 is 28.1 Å². The third kappa shape index (κ3) is 11.9. The summed E-state index contributed by atoms with van der Waals surface area (Å²) in [5.41, 5.74) is 9.06. The number of ether oxygens (including phenoxy) is 3. The summed E-state index contributed by atoms with van der Waals surface area (Å²) in [6.45, 7) is 5.93. The summed E-state index contributed by atoms with van der Waals surface area (Å²) in [6, 6.07) is 22.0. The molecule has 0 aliphatic rings. The second-order valence-corrected chi connectivity index (χ2v) is 17.0. The first-order chi connectivity index (χ1) is 27.9. The van der Waals surface area contributed by atoms with Crippen molar-refractivity contribution in [3.63, 3.8) is 0 Å². The molecule has 5 rings (SSSR count). The number of rotatable bonds is 18. The molecule has 0 aliphatic heterocycles. The number of urea groups is 1. The maximum atomic E-state index is 13.5. The molecule has 4 aromatic carbocycles. The number of amides is 2. The largest absolute Gasteiger partial charge is 0.496 e. The molecule has 1 heterocycles. The monoisotopic (exact) mass is 825 g/mol. The second-order valence-electron chi connectivity index (χ2n) is 15.2. The third-order valence-electron chi connectivity index (χ3n) is 9.54. The van der Waals surface area contributed by atoms with Gasteiger partial charge in [0.05, 0.1) is 43.1 Å². The van der Waals surface area contributed by atoms with E-state index in [0.717, 1.165) is 28.5 Å². The number of methoxy groups -OCH3 is 2. The molecule has 59 heavy (non-hydrogen) atoms. The highest BCUT2D eigenvalue weighted by atomic mass is 32.2. The average Bonchev–Trinajstić information content (AvgIpc) is 3.17. The lowest BCUT2D eigenvalue weighted by Gasteiger charge is -2.24. The lowest BCUT2D eigenvalue weighted by molar-refractivity contribution is -0.138. The lowest BCUT2D eigenvalue weighted by atomic mass is 9.86. The molecule has 0 bridgehead atoms. The van der Waals surface area contributed by atoms with Crippen LogP contribution in [0.4, 0.5) is 21.9 Å². The topological polar surface area (TPSA) is 208 Å². The zero-order valence-corrected chi connectivity index (χ0v) is 34.9. The Morgan fingerprint density at radius 3 is 2.22 bits per heavy atom. The van der Waals surface area contributed by atoms with Gasteiger partial charge in [0.15, 0.2) is 11.5 Å². The maximum absolute atomic E-state index is 13.5. The standard InChI is InChI=1S/C44H51N5O9S/c1-44(2,3)28-24-36(41(57-5)37(25-28)49-59(6,54)55)48-43(53)47-35-18-19-39(32-13-11-10-12-31(32)35)58-30-20-21-46-29(26-30)22-27-16-17-33(40(23-27)56-4)38(50)15-9-7-8-14-34(45)42(51)52/h10-13,16-21,23-26,34,49H,7-9,14-15,22,45H2,1-6H3,(H,51,52)(H2,47,48,53)/t34-/m1/s1. The molecule has 2 amide bonds. The Hall–Kier alpha value is -6.19. The fraction of sp³-hybridized carbons (Fsp3) is 0.318. The van der Waals surface area contributed by atoms with E-state index in [4.69, 9.17) is 25.1 Å². The van der Waals surface area contributed by atoms with Crippen LogP contribution < -0.4 is 35.3 Å². The minimum absolute atomic E-state index is 0.0530. The van der Waals surface area contributed by atoms with Gasteiger partial charge in [0.25, 0.3) is 0 Å². The van der Waals surface area contributed by atoms with Gasteiger partial charge in [0.1, 0.15) is 23.3 Å². The number of hydrogen-bond acceptors (Lipinski definition) is 10. The quantitative estimate of drug-likeness (QED) is 0.0418. The van der Waals surface area contributed by atoms with Crippen molar-refractivity contribution in [3.05, 3.63) is 107 Å². The van der Waals surface area contributed by atoms with Crippen molar-refractivity contribution < 1.29 is 42.1 Å². The zero-order chi connectivity index (χ0) is 42.9. The van der Waals surface area contributed by atoms with Crippen molar-refractivity contribution in [1.82, 2.24) is 4.98 Å². The normalized spacial score (nSPS) is 12.1. The second kappa shape index (κ2) is 19.0. The van der Waals surface area contributed by atoms with Crippen LogP contribution in [0.3, 0.4) is 0 Å². The molecule has 14 nitrogen and oxygen atoms in total. The van der Waals surface area contributed by atoms with Gasteiger partial charge in [-0.1, -0.05) is 63.9 Å². The summed E-state index contributed by atoms with van der Waals surface area (Å²) >= 11 is 0. The van der Waals surface area contributed by atoms with E-state index >= 15 is 0 Å². The number of benzene rings is 4. The van der Waals surface area contributed by atoms with Crippen LogP contribution in [0.15, 0.2) is 85.1 Å². The van der Waals surface area contributed by atoms with Gasteiger partial charge in [-0.05, 0) is 71.8 Å². The number of ketones is 1. The van der Waals surface area contributed by atoms with Crippen molar-refractivity contribution in [2.24, 2.45) is 5.73 Å². The molecule has 0 fully saturated rings. The van der Waals surface area contributed by atoms with E-state index in [-0.39, 0.29) is 28.3 Å². The molecule has 0 aliphatic carbocycles. The average molecular weight is 826 g/mol. The van der Waals surface area contributed by atoms with E-state index in [0.29, 0.717) is 72.4 Å². The van der Waals surface area contributed by atoms with Gasteiger partial charge >= 0.3 is 12.0 Å². The molecule has 1 atom stereocenters. The number of carbonyl (C=O) groups excluding carboxylic acids is 2. The number of unbranched alkanes of at least 4 members (excludes halogenated alkanes) is 2. The minimum Gasteiger partial charge on any atom is -0.496 e. The molecular formula is C44H51N5O9S. The smallest absolute Gasteiger partial charge is 0.323 e. The van der Waals surface area contributed by atoms with Gasteiger partial charge in [0, 0.05) is 41.6 Å². The molecule has 6 N–H and O–H groups in total. The summed E-state index contributed by atoms with van der Waals surface area (Å²) in [6.07, 6.45) is 5.78. The molecule has 0 unspecified atom stereocenters. The van der Waals surface area contributed by atoms with Crippen molar-refractivity contribution in [2.45, 2.75) is 70.8 Å². The summed E-state index contributed by atoms with van der Waals surface area (Å²) in [5.74, 6) is 0.649. The number of fused-ring (bicyclic) bond motifs is 1. The van der Waals surface area contributed by atoms with E-state index in [1.165, 1.54) is 14.2 Å². The summed E-state index contributed by atoms with van der Waals surface area (Å²) in [4.78, 5) is 42.0. The molecule has 15 heteroatoms. The van der Waals surface area contributed by atoms with Crippen LogP contribution in [-0.4, -0.2) is 62.8 Å². The first kappa shape index (κ1) is 43.9. The van der Waals surface area contributed by atoms with Gasteiger partial charge < -0.3 is 35.7 Å². The number of aromatic nitrogens is 1. The van der Waals surface area contributed by atoms with Gasteiger partial charge in [-0.15, -0.1) is 0 Å². The van der Waals surface area contributed by atoms with Crippen LogP contribution in [-0.2, 0) is 26.7 Å². The highest BCUT2D eigenvalue weighted by Gasteiger charge is 2.23. The number of nitrogens with two attached hydrogens (primary N) is 1. The Morgan fingerprint density at radius 1 is 0.831 bits per heavy atom. The Balaban J connectivity index is 1.29. The van der Waals surface area contributed by atoms with Crippen molar-refractivity contribution >= 4 is 55.6 Å². The van der Waals surface area contributed by atoms with Crippen LogP contribution in [0, 0.1) is 0 Å². The lowest BCUT2D eigenvalue weighted by Crippen LogP contribution is -2.29. The summed E-state index contributed by atoms with van der Waals surface area (Å²) in [5, 5.41) is 16.2. The minimum atomic E-state index is -3.65. The van der Waals surface area contributed by atoms with E-state index in [1.54, 1.807) is 42.6 Å². The van der Waals surface area contributed by atoms with E-state index in [2.05, 4.69) is 20.3 Å². The van der Waals surface area contributed by atoms with Crippen molar-refractivity contribution in [3.8, 4) is 23.0 Å². The number of pyridine rings is 1. The first-order valence-corrected chi connectivity index (χ1v) is 21.0. The Labute approximate surface area is 344 Å². The molecule has 312 valence electrons. The predicted octanol–water partition coefficient (Wildman–Crippen LogP) is 8.49. The van der Waals surface area contributed by atoms with Gasteiger partial charge in [-0.3, -0.25) is 19.3 Å². The molecule has 0 saturated heterocycles. The number of nitrogens with zero attached hydrogens (tertiary/aromatic N) is 1. The van der Waals surface area contributed by atoms with Crippen LogP contribution in [0.2, 0.25) is 0 Å². The van der Waals surface area contributed by atoms with Crippen LogP contribution in [0.25, 0.3) is 10.8 Å². The number of hydrogen-bond donors (Lipinski definition) is 5. The highest BCUT2D eigenvalue weighted by Crippen LogP contribution is 2.40. The number of aliphatic carboxylic acids is 1. The van der Waals surface area contributed by atoms with Crippen LogP contribution in [0.1, 0.15) is 80.1 Å². The Morgan fingerprint density at radius 2 is 1.54 bits per heavy atom. The number of Topliss-reactive ketones (excluding diaryl/α,β-unsaturated/α-hetero) is 1. The predicted molar refractivity (Wildman–Crippen MR) is 230 cm³/mol. The highest BCUT2D eigenvalue weighted by molar-refractivity contribution is 7.92. The van der Waals surface area contributed by atoms with Crippen LogP contribution >= 0.6 is 0 Å². The van der Waals surface area contributed by atoms with Crippen molar-refractivity contribution in [1.29, 1.82) is 0 Å². The number of carboxylic acid groups (broad SMARTS) is 1.